The monoisotopic (exact) mass is 479 g/mol. The van der Waals surface area contributed by atoms with Gasteiger partial charge in [0.15, 0.2) is 5.65 Å². The molecule has 0 atom stereocenters. The lowest BCUT2D eigenvalue weighted by atomic mass is 9.94. The van der Waals surface area contributed by atoms with E-state index in [1.807, 2.05) is 33.2 Å². The molecule has 5 heterocycles. The Bertz CT molecular complexity index is 1150. The molecular weight excluding hydrogens is 446 g/mol. The summed E-state index contributed by atoms with van der Waals surface area (Å²) in [6.45, 7) is 7.13. The van der Waals surface area contributed by atoms with Crippen LogP contribution in [0.2, 0.25) is 0 Å². The Hall–Kier alpha value is -2.74. The molecule has 2 amide bonds. The summed E-state index contributed by atoms with van der Waals surface area (Å²) in [6, 6.07) is 6.09. The maximum atomic E-state index is 13.7. The summed E-state index contributed by atoms with van der Waals surface area (Å²) >= 11 is 1.62. The highest BCUT2D eigenvalue weighted by molar-refractivity contribution is 7.13. The van der Waals surface area contributed by atoms with Crippen molar-refractivity contribution in [3.8, 4) is 10.6 Å². The first-order valence-electron chi connectivity index (χ1n) is 12.5. The van der Waals surface area contributed by atoms with Crippen LogP contribution >= 0.6 is 11.3 Å². The van der Waals surface area contributed by atoms with E-state index in [9.17, 15) is 9.59 Å². The van der Waals surface area contributed by atoms with Crippen molar-refractivity contribution in [3.05, 3.63) is 35.3 Å². The normalized spacial score (nSPS) is 18.0. The van der Waals surface area contributed by atoms with E-state index in [4.69, 9.17) is 4.98 Å². The van der Waals surface area contributed by atoms with Gasteiger partial charge in [-0.25, -0.2) is 9.67 Å². The van der Waals surface area contributed by atoms with Crippen LogP contribution in [0.4, 0.5) is 0 Å². The molecule has 0 saturated carbocycles. The fraction of sp³-hybridized carbons (Fsp3) is 0.538. The zero-order chi connectivity index (χ0) is 23.7. The van der Waals surface area contributed by atoms with Crippen molar-refractivity contribution < 1.29 is 9.59 Å². The topological polar surface area (TPSA) is 71.3 Å². The highest BCUT2D eigenvalue weighted by Crippen LogP contribution is 2.31. The first-order valence-corrected chi connectivity index (χ1v) is 13.4. The molecule has 0 N–H and O–H groups in total. The number of fused-ring (bicyclic) bond motifs is 1. The van der Waals surface area contributed by atoms with Gasteiger partial charge >= 0.3 is 0 Å². The summed E-state index contributed by atoms with van der Waals surface area (Å²) in [6.07, 6.45) is 7.89. The third kappa shape index (κ3) is 4.48. The largest absolute Gasteiger partial charge is 0.342 e. The van der Waals surface area contributed by atoms with Gasteiger partial charge in [-0.15, -0.1) is 11.3 Å². The number of hydrogen-bond acceptors (Lipinski definition) is 5. The first kappa shape index (κ1) is 23.0. The number of pyridine rings is 1. The minimum atomic E-state index is 0.00850. The van der Waals surface area contributed by atoms with Gasteiger partial charge in [-0.3, -0.25) is 9.59 Å². The quantitative estimate of drug-likeness (QED) is 0.528. The van der Waals surface area contributed by atoms with Crippen molar-refractivity contribution in [1.29, 1.82) is 0 Å². The predicted octanol–water partition coefficient (Wildman–Crippen LogP) is 5.00. The van der Waals surface area contributed by atoms with E-state index in [-0.39, 0.29) is 17.9 Å². The molecular formula is C26H33N5O2S. The minimum absolute atomic E-state index is 0.00850. The van der Waals surface area contributed by atoms with Gasteiger partial charge in [0.1, 0.15) is 0 Å². The molecule has 2 saturated heterocycles. The second kappa shape index (κ2) is 9.86. The predicted molar refractivity (Wildman–Crippen MR) is 135 cm³/mol. The maximum absolute atomic E-state index is 13.7. The van der Waals surface area contributed by atoms with Crippen LogP contribution in [0.5, 0.6) is 0 Å². The van der Waals surface area contributed by atoms with Crippen molar-refractivity contribution in [2.45, 2.75) is 58.4 Å². The van der Waals surface area contributed by atoms with Gasteiger partial charge in [-0.2, -0.15) is 5.10 Å². The van der Waals surface area contributed by atoms with E-state index in [0.29, 0.717) is 24.6 Å². The van der Waals surface area contributed by atoms with Crippen LogP contribution in [0.1, 0.15) is 68.8 Å². The Morgan fingerprint density at radius 1 is 1.03 bits per heavy atom. The van der Waals surface area contributed by atoms with Crippen molar-refractivity contribution >= 4 is 34.2 Å². The number of carbonyl (C=O) groups excluding carboxylic acids is 2. The van der Waals surface area contributed by atoms with Crippen LogP contribution in [0.3, 0.4) is 0 Å². The highest BCUT2D eigenvalue weighted by Gasteiger charge is 2.32. The number of hydrogen-bond donors (Lipinski definition) is 0. The van der Waals surface area contributed by atoms with Gasteiger partial charge in [-0.1, -0.05) is 18.9 Å². The Balaban J connectivity index is 1.37. The number of amides is 2. The van der Waals surface area contributed by atoms with Crippen molar-refractivity contribution in [2.24, 2.45) is 5.92 Å². The van der Waals surface area contributed by atoms with E-state index in [2.05, 4.69) is 23.8 Å². The zero-order valence-corrected chi connectivity index (χ0v) is 20.9. The van der Waals surface area contributed by atoms with E-state index < -0.39 is 0 Å². The van der Waals surface area contributed by atoms with Gasteiger partial charge in [0.25, 0.3) is 5.91 Å². The fourth-order valence-electron chi connectivity index (χ4n) is 5.17. The molecule has 180 valence electrons. The second-order valence-corrected chi connectivity index (χ2v) is 10.7. The number of piperidine rings is 1. The number of likely N-dealkylation sites (tertiary alicyclic amines) is 2. The molecule has 0 aromatic carbocycles. The summed E-state index contributed by atoms with van der Waals surface area (Å²) in [5, 5.41) is 7.35. The van der Waals surface area contributed by atoms with Gasteiger partial charge in [0.05, 0.1) is 27.7 Å². The molecule has 2 aliphatic heterocycles. The fourth-order valence-corrected chi connectivity index (χ4v) is 5.86. The molecule has 2 fully saturated rings. The van der Waals surface area contributed by atoms with Crippen LogP contribution in [0.25, 0.3) is 21.6 Å². The average Bonchev–Trinajstić information content (AvgIpc) is 3.47. The third-order valence-electron chi connectivity index (χ3n) is 7.11. The SMILES string of the molecule is CC(C)n1ncc2c(C(=O)N3CCC(C(=O)N4CCCCCC4)CC3)cc(-c3cccs3)nc21. The summed E-state index contributed by atoms with van der Waals surface area (Å²) < 4.78 is 1.88. The maximum Gasteiger partial charge on any atom is 0.254 e. The molecule has 34 heavy (non-hydrogen) atoms. The Kier molecular flexibility index (Phi) is 6.68. The van der Waals surface area contributed by atoms with Crippen LogP contribution in [0.15, 0.2) is 29.8 Å². The molecule has 0 spiro atoms. The number of thiophene rings is 1. The molecule has 2 aliphatic rings. The molecule has 7 nitrogen and oxygen atoms in total. The van der Waals surface area contributed by atoms with Crippen LogP contribution in [-0.2, 0) is 4.79 Å². The van der Waals surface area contributed by atoms with E-state index in [1.54, 1.807) is 17.5 Å². The van der Waals surface area contributed by atoms with Crippen molar-refractivity contribution in [3.63, 3.8) is 0 Å². The average molecular weight is 480 g/mol. The van der Waals surface area contributed by atoms with E-state index in [0.717, 1.165) is 60.4 Å². The number of carbonyl (C=O) groups is 2. The highest BCUT2D eigenvalue weighted by atomic mass is 32.1. The van der Waals surface area contributed by atoms with Crippen LogP contribution < -0.4 is 0 Å². The standard InChI is InChI=1S/C26H33N5O2S/c1-18(2)31-24-21(17-27-31)20(16-22(28-24)23-8-7-15-34-23)26(33)30-13-9-19(10-14-30)25(32)29-11-5-3-4-6-12-29/h7-8,15-19H,3-6,9-14H2,1-2H3. The molecule has 0 bridgehead atoms. The Labute approximate surface area is 204 Å². The molecule has 8 heteroatoms. The third-order valence-corrected chi connectivity index (χ3v) is 8.00. The Morgan fingerprint density at radius 3 is 2.41 bits per heavy atom. The van der Waals surface area contributed by atoms with E-state index >= 15 is 0 Å². The smallest absolute Gasteiger partial charge is 0.254 e. The minimum Gasteiger partial charge on any atom is -0.342 e. The van der Waals surface area contributed by atoms with Gasteiger partial charge in [-0.05, 0) is 57.0 Å². The van der Waals surface area contributed by atoms with Crippen molar-refractivity contribution in [2.75, 3.05) is 26.2 Å². The summed E-state index contributed by atoms with van der Waals surface area (Å²) in [5.74, 6) is 0.331. The molecule has 5 rings (SSSR count). The Morgan fingerprint density at radius 2 is 1.76 bits per heavy atom. The second-order valence-electron chi connectivity index (χ2n) is 9.76. The zero-order valence-electron chi connectivity index (χ0n) is 20.1. The lowest BCUT2D eigenvalue weighted by Crippen LogP contribution is -2.44. The lowest BCUT2D eigenvalue weighted by Gasteiger charge is -2.34. The first-order chi connectivity index (χ1) is 16.5. The van der Waals surface area contributed by atoms with E-state index in [1.165, 1.54) is 12.8 Å². The number of rotatable bonds is 4. The molecule has 3 aromatic heterocycles. The summed E-state index contributed by atoms with van der Waals surface area (Å²) in [7, 11) is 0. The van der Waals surface area contributed by atoms with Crippen LogP contribution in [0, 0.1) is 5.92 Å². The summed E-state index contributed by atoms with van der Waals surface area (Å²) in [5.41, 5.74) is 2.20. The molecule has 3 aromatic rings. The number of nitrogens with zero attached hydrogens (tertiary/aromatic N) is 5. The summed E-state index contributed by atoms with van der Waals surface area (Å²) in [4.78, 5) is 36.7. The van der Waals surface area contributed by atoms with Crippen molar-refractivity contribution in [1.82, 2.24) is 24.6 Å². The van der Waals surface area contributed by atoms with Gasteiger partial charge in [0.2, 0.25) is 5.91 Å². The molecule has 0 radical (unpaired) electrons. The van der Waals surface area contributed by atoms with Gasteiger partial charge in [0, 0.05) is 38.1 Å². The van der Waals surface area contributed by atoms with Crippen LogP contribution in [-0.4, -0.2) is 62.6 Å². The molecule has 0 aliphatic carbocycles. The lowest BCUT2D eigenvalue weighted by molar-refractivity contribution is -0.136. The number of aromatic nitrogens is 3. The molecule has 0 unspecified atom stereocenters. The van der Waals surface area contributed by atoms with Gasteiger partial charge < -0.3 is 9.80 Å².